The smallest absolute Gasteiger partial charge is 0.0698 e. The molecule has 0 aliphatic heterocycles. The van der Waals surface area contributed by atoms with Crippen molar-refractivity contribution in [3.8, 4) is 0 Å². The maximum atomic E-state index is 4.29. The average Bonchev–Trinajstić information content (AvgIpc) is 2.26. The van der Waals surface area contributed by atoms with Crippen LogP contribution in [0.1, 0.15) is 37.9 Å². The van der Waals surface area contributed by atoms with Gasteiger partial charge in [-0.25, -0.2) is 0 Å². The summed E-state index contributed by atoms with van der Waals surface area (Å²) >= 11 is 0. The Morgan fingerprint density at radius 3 is 2.93 bits per heavy atom. The van der Waals surface area contributed by atoms with Crippen LogP contribution in [-0.4, -0.2) is 4.98 Å². The maximum Gasteiger partial charge on any atom is 0.0698 e. The molecular formula is C13H17N. The van der Waals surface area contributed by atoms with Crippen molar-refractivity contribution < 1.29 is 0 Å². The van der Waals surface area contributed by atoms with Crippen LogP contribution >= 0.6 is 0 Å². The Morgan fingerprint density at radius 1 is 1.57 bits per heavy atom. The Hall–Kier alpha value is -1.37. The van der Waals surface area contributed by atoms with Gasteiger partial charge in [0.2, 0.25) is 0 Å². The highest BCUT2D eigenvalue weighted by Crippen LogP contribution is 2.22. The predicted octanol–water partition coefficient (Wildman–Crippen LogP) is 3.93. The van der Waals surface area contributed by atoms with E-state index in [1.165, 1.54) is 11.1 Å². The van der Waals surface area contributed by atoms with Gasteiger partial charge < -0.3 is 0 Å². The van der Waals surface area contributed by atoms with Gasteiger partial charge in [-0.3, -0.25) is 4.98 Å². The topological polar surface area (TPSA) is 12.9 Å². The second kappa shape index (κ2) is 5.38. The number of rotatable bonds is 4. The fourth-order valence-corrected chi connectivity index (χ4v) is 1.56. The molecule has 0 spiro atoms. The molecule has 0 aliphatic carbocycles. The molecule has 74 valence electrons. The zero-order chi connectivity index (χ0) is 10.4. The van der Waals surface area contributed by atoms with Gasteiger partial charge in [0.15, 0.2) is 0 Å². The molecule has 0 unspecified atom stereocenters. The van der Waals surface area contributed by atoms with E-state index in [1.54, 1.807) is 6.20 Å². The van der Waals surface area contributed by atoms with Crippen molar-refractivity contribution in [2.75, 3.05) is 0 Å². The lowest BCUT2D eigenvalue weighted by Gasteiger charge is -2.08. The number of allylic oxidation sites excluding steroid dienone is 2. The molecule has 14 heavy (non-hydrogen) atoms. The first-order valence-electron chi connectivity index (χ1n) is 5.06. The van der Waals surface area contributed by atoms with Gasteiger partial charge in [0.05, 0.1) is 5.69 Å². The van der Waals surface area contributed by atoms with Crippen molar-refractivity contribution >= 4 is 11.6 Å². The maximum absolute atomic E-state index is 4.29. The summed E-state index contributed by atoms with van der Waals surface area (Å²) < 4.78 is 0. The third-order valence-electron chi connectivity index (χ3n) is 2.25. The van der Waals surface area contributed by atoms with Crippen molar-refractivity contribution in [1.82, 2.24) is 4.98 Å². The Bertz CT molecular complexity index is 337. The van der Waals surface area contributed by atoms with E-state index in [2.05, 4.69) is 37.6 Å². The van der Waals surface area contributed by atoms with E-state index >= 15 is 0 Å². The van der Waals surface area contributed by atoms with Gasteiger partial charge in [-0.1, -0.05) is 32.1 Å². The highest BCUT2D eigenvalue weighted by atomic mass is 14.7. The van der Waals surface area contributed by atoms with Crippen LogP contribution in [0.5, 0.6) is 0 Å². The van der Waals surface area contributed by atoms with Gasteiger partial charge in [-0.2, -0.15) is 0 Å². The van der Waals surface area contributed by atoms with Gasteiger partial charge in [-0.15, -0.1) is 0 Å². The summed E-state index contributed by atoms with van der Waals surface area (Å²) in [4.78, 5) is 4.29. The van der Waals surface area contributed by atoms with Crippen molar-refractivity contribution in [1.29, 1.82) is 0 Å². The molecule has 1 heterocycles. The van der Waals surface area contributed by atoms with Gasteiger partial charge in [0.1, 0.15) is 0 Å². The van der Waals surface area contributed by atoms with Crippen LogP contribution in [0.4, 0.5) is 0 Å². The number of nitrogens with zero attached hydrogens (tertiary/aromatic N) is 1. The summed E-state index contributed by atoms with van der Waals surface area (Å²) in [5.74, 6) is 0. The van der Waals surface area contributed by atoms with Crippen molar-refractivity contribution in [2.24, 2.45) is 0 Å². The molecule has 1 aromatic rings. The molecule has 0 saturated carbocycles. The first kappa shape index (κ1) is 10.7. The van der Waals surface area contributed by atoms with Gasteiger partial charge >= 0.3 is 0 Å². The molecule has 0 atom stereocenters. The molecule has 0 fully saturated rings. The number of hydrogen-bond acceptors (Lipinski definition) is 1. The monoisotopic (exact) mass is 187 g/mol. The van der Waals surface area contributed by atoms with Gasteiger partial charge in [0, 0.05) is 11.8 Å². The van der Waals surface area contributed by atoms with Crippen LogP contribution in [0.15, 0.2) is 31.0 Å². The molecule has 1 heteroatoms. The van der Waals surface area contributed by atoms with E-state index in [9.17, 15) is 0 Å². The lowest BCUT2D eigenvalue weighted by atomic mass is 10.00. The minimum atomic E-state index is 0.981. The third kappa shape index (κ3) is 2.32. The average molecular weight is 187 g/mol. The molecule has 0 aromatic carbocycles. The first-order chi connectivity index (χ1) is 6.83. The number of pyridine rings is 1. The Labute approximate surface area is 86.2 Å². The Balaban J connectivity index is 3.09. The van der Waals surface area contributed by atoms with E-state index in [0.29, 0.717) is 0 Å². The molecule has 0 amide bonds. The van der Waals surface area contributed by atoms with Crippen molar-refractivity contribution in [3.63, 3.8) is 0 Å². The van der Waals surface area contributed by atoms with E-state index in [4.69, 9.17) is 0 Å². The molecular weight excluding hydrogens is 170 g/mol. The van der Waals surface area contributed by atoms with E-state index in [0.717, 1.165) is 18.5 Å². The molecule has 1 aromatic heterocycles. The first-order valence-corrected chi connectivity index (χ1v) is 5.06. The predicted molar refractivity (Wildman–Crippen MR) is 62.9 cm³/mol. The van der Waals surface area contributed by atoms with Crippen LogP contribution in [0.25, 0.3) is 11.6 Å². The third-order valence-corrected chi connectivity index (χ3v) is 2.25. The largest absolute Gasteiger partial charge is 0.256 e. The molecule has 0 bridgehead atoms. The lowest BCUT2D eigenvalue weighted by Crippen LogP contribution is -1.91. The zero-order valence-electron chi connectivity index (χ0n) is 8.96. The number of hydrogen-bond donors (Lipinski definition) is 0. The van der Waals surface area contributed by atoms with Crippen LogP contribution in [-0.2, 0) is 0 Å². The highest BCUT2D eigenvalue weighted by molar-refractivity contribution is 5.71. The van der Waals surface area contributed by atoms with Gasteiger partial charge in [0.25, 0.3) is 0 Å². The van der Waals surface area contributed by atoms with Crippen molar-refractivity contribution in [3.05, 3.63) is 42.2 Å². The molecule has 0 radical (unpaired) electrons. The minimum Gasteiger partial charge on any atom is -0.256 e. The van der Waals surface area contributed by atoms with E-state index in [1.807, 2.05) is 12.1 Å². The normalized spacial score (nSPS) is 11.4. The van der Waals surface area contributed by atoms with E-state index in [-0.39, 0.29) is 0 Å². The van der Waals surface area contributed by atoms with Gasteiger partial charge in [-0.05, 0) is 31.1 Å². The quantitative estimate of drug-likeness (QED) is 0.696. The summed E-state index contributed by atoms with van der Waals surface area (Å²) in [6.45, 7) is 8.04. The molecule has 0 saturated heterocycles. The summed E-state index contributed by atoms with van der Waals surface area (Å²) in [5.41, 5.74) is 3.55. The van der Waals surface area contributed by atoms with Crippen LogP contribution < -0.4 is 0 Å². The summed E-state index contributed by atoms with van der Waals surface area (Å²) in [5, 5.41) is 0. The molecule has 0 aliphatic rings. The Morgan fingerprint density at radius 2 is 2.36 bits per heavy atom. The van der Waals surface area contributed by atoms with Crippen molar-refractivity contribution in [2.45, 2.75) is 26.7 Å². The van der Waals surface area contributed by atoms with E-state index < -0.39 is 0 Å². The fourth-order valence-electron chi connectivity index (χ4n) is 1.56. The summed E-state index contributed by atoms with van der Waals surface area (Å²) in [6.07, 6.45) is 8.04. The molecule has 0 N–H and O–H groups in total. The highest BCUT2D eigenvalue weighted by Gasteiger charge is 2.03. The molecule has 1 rings (SSSR count). The SMILES string of the molecule is C=Cc1ncccc1/C(=C\C)CCC. The lowest BCUT2D eigenvalue weighted by molar-refractivity contribution is 0.969. The Kier molecular flexibility index (Phi) is 4.11. The zero-order valence-corrected chi connectivity index (χ0v) is 8.96. The summed E-state index contributed by atoms with van der Waals surface area (Å²) in [7, 11) is 0. The standard InChI is InChI=1S/C13H17N/c1-4-8-11(5-2)12-9-7-10-14-13(12)6-3/h5-7,9-10H,3-4,8H2,1-2H3/b11-5-. The fraction of sp³-hybridized carbons (Fsp3) is 0.308. The number of aromatic nitrogens is 1. The second-order valence-corrected chi connectivity index (χ2v) is 3.20. The molecule has 1 nitrogen and oxygen atoms in total. The second-order valence-electron chi connectivity index (χ2n) is 3.20. The van der Waals surface area contributed by atoms with Crippen LogP contribution in [0.3, 0.4) is 0 Å². The summed E-state index contributed by atoms with van der Waals surface area (Å²) in [6, 6.07) is 4.08. The van der Waals surface area contributed by atoms with Crippen LogP contribution in [0, 0.1) is 0 Å². The minimum absolute atomic E-state index is 0.981. The van der Waals surface area contributed by atoms with Crippen LogP contribution in [0.2, 0.25) is 0 Å².